The Labute approximate surface area is 151 Å². The topological polar surface area (TPSA) is 112 Å². The lowest BCUT2D eigenvalue weighted by Gasteiger charge is -2.16. The first-order valence-corrected chi connectivity index (χ1v) is 7.59. The lowest BCUT2D eigenvalue weighted by atomic mass is 10.2. The van der Waals surface area contributed by atoms with E-state index in [0.29, 0.717) is 23.7 Å². The van der Waals surface area contributed by atoms with E-state index in [4.69, 9.17) is 9.47 Å². The molecule has 0 radical (unpaired) electrons. The van der Waals surface area contributed by atoms with E-state index in [9.17, 15) is 14.4 Å². The Bertz CT molecular complexity index is 686. The molecule has 9 heteroatoms. The van der Waals surface area contributed by atoms with Crippen LogP contribution in [0.2, 0.25) is 0 Å². The summed E-state index contributed by atoms with van der Waals surface area (Å²) in [4.78, 5) is 34.7. The Morgan fingerprint density at radius 1 is 1.04 bits per heavy atom. The molecule has 1 amide bonds. The minimum atomic E-state index is -0.775. The Balaban J connectivity index is 3.20. The highest BCUT2D eigenvalue weighted by Gasteiger charge is 2.16. The van der Waals surface area contributed by atoms with Crippen LogP contribution in [0.5, 0.6) is 5.75 Å². The van der Waals surface area contributed by atoms with Crippen molar-refractivity contribution in [2.75, 3.05) is 45.2 Å². The Morgan fingerprint density at radius 2 is 1.77 bits per heavy atom. The van der Waals surface area contributed by atoms with Gasteiger partial charge in [-0.1, -0.05) is 0 Å². The predicted octanol–water partition coefficient (Wildman–Crippen LogP) is 1.31. The zero-order chi connectivity index (χ0) is 19.5. The molecule has 0 unspecified atom stereocenters. The number of ether oxygens (including phenoxy) is 4. The van der Waals surface area contributed by atoms with Crippen LogP contribution < -0.4 is 15.4 Å². The molecule has 26 heavy (non-hydrogen) atoms. The van der Waals surface area contributed by atoms with Crippen LogP contribution in [0, 0.1) is 0 Å². The van der Waals surface area contributed by atoms with Gasteiger partial charge in [0, 0.05) is 19.7 Å². The van der Waals surface area contributed by atoms with Gasteiger partial charge >= 0.3 is 11.9 Å². The molecule has 2 N–H and O–H groups in total. The molecule has 142 valence electrons. The number of methoxy groups -OCH3 is 3. The lowest BCUT2D eigenvalue weighted by molar-refractivity contribution is -0.138. The van der Waals surface area contributed by atoms with Gasteiger partial charge in [-0.15, -0.1) is 0 Å². The van der Waals surface area contributed by atoms with E-state index in [1.165, 1.54) is 28.3 Å². The van der Waals surface area contributed by atoms with Crippen molar-refractivity contribution in [2.45, 2.75) is 6.92 Å². The Kier molecular flexibility index (Phi) is 8.65. The average molecular weight is 366 g/mol. The summed E-state index contributed by atoms with van der Waals surface area (Å²) in [6.07, 6.45) is 0.954. The van der Waals surface area contributed by atoms with E-state index in [2.05, 4.69) is 20.1 Å². The number of nitrogens with one attached hydrogen (secondary N) is 2. The van der Waals surface area contributed by atoms with Crippen molar-refractivity contribution in [2.24, 2.45) is 0 Å². The second-order valence-electron chi connectivity index (χ2n) is 4.93. The van der Waals surface area contributed by atoms with Gasteiger partial charge in [-0.2, -0.15) is 0 Å². The van der Waals surface area contributed by atoms with Gasteiger partial charge in [0.1, 0.15) is 18.1 Å². The van der Waals surface area contributed by atoms with Crippen LogP contribution in [-0.4, -0.2) is 52.4 Å². The number of hydrogen-bond acceptors (Lipinski definition) is 8. The van der Waals surface area contributed by atoms with Gasteiger partial charge in [0.25, 0.3) is 0 Å². The molecule has 0 heterocycles. The summed E-state index contributed by atoms with van der Waals surface area (Å²) in [6.45, 7) is 1.99. The molecule has 0 aliphatic carbocycles. The highest BCUT2D eigenvalue weighted by molar-refractivity contribution is 5.99. The SMILES string of the molecule is COCCOc1ccc(NC(C)=O)cc1N/C(=C/C(=O)OC)C(=O)OC. The highest BCUT2D eigenvalue weighted by atomic mass is 16.5. The second kappa shape index (κ2) is 10.7. The van der Waals surface area contributed by atoms with Crippen LogP contribution in [0.15, 0.2) is 30.0 Å². The molecular weight excluding hydrogens is 344 g/mol. The van der Waals surface area contributed by atoms with Crippen molar-refractivity contribution in [3.05, 3.63) is 30.0 Å². The fourth-order valence-electron chi connectivity index (χ4n) is 1.85. The highest BCUT2D eigenvalue weighted by Crippen LogP contribution is 2.29. The van der Waals surface area contributed by atoms with Crippen molar-refractivity contribution in [3.8, 4) is 5.75 Å². The van der Waals surface area contributed by atoms with Crippen molar-refractivity contribution in [3.63, 3.8) is 0 Å². The molecule has 0 saturated carbocycles. The standard InChI is InChI=1S/C17H22N2O7/c1-11(20)18-12-5-6-15(26-8-7-23-2)13(9-12)19-14(17(22)25-4)10-16(21)24-3/h5-6,9-10,19H,7-8H2,1-4H3,(H,18,20)/b14-10+. The monoisotopic (exact) mass is 366 g/mol. The average Bonchev–Trinajstić information content (AvgIpc) is 2.61. The smallest absolute Gasteiger partial charge is 0.354 e. The maximum atomic E-state index is 11.9. The molecule has 1 aromatic carbocycles. The van der Waals surface area contributed by atoms with Crippen molar-refractivity contribution in [1.29, 1.82) is 0 Å². The number of carbonyl (C=O) groups is 3. The predicted molar refractivity (Wildman–Crippen MR) is 93.9 cm³/mol. The molecular formula is C17H22N2O7. The van der Waals surface area contributed by atoms with E-state index < -0.39 is 11.9 Å². The fraction of sp³-hybridized carbons (Fsp3) is 0.353. The number of carbonyl (C=O) groups excluding carboxylic acids is 3. The molecule has 1 rings (SSSR count). The fourth-order valence-corrected chi connectivity index (χ4v) is 1.85. The van der Waals surface area contributed by atoms with Crippen LogP contribution in [0.4, 0.5) is 11.4 Å². The van der Waals surface area contributed by atoms with Crippen molar-refractivity contribution >= 4 is 29.2 Å². The first-order valence-electron chi connectivity index (χ1n) is 7.59. The molecule has 0 aliphatic rings. The van der Waals surface area contributed by atoms with Gasteiger partial charge in [-0.05, 0) is 18.2 Å². The first-order chi connectivity index (χ1) is 12.4. The molecule has 0 atom stereocenters. The third-order valence-corrected chi connectivity index (χ3v) is 2.98. The summed E-state index contributed by atoms with van der Waals surface area (Å²) >= 11 is 0. The summed E-state index contributed by atoms with van der Waals surface area (Å²) in [5.74, 6) is -1.39. The Morgan fingerprint density at radius 3 is 2.35 bits per heavy atom. The largest absolute Gasteiger partial charge is 0.489 e. The van der Waals surface area contributed by atoms with E-state index in [-0.39, 0.29) is 18.2 Å². The molecule has 0 saturated heterocycles. The van der Waals surface area contributed by atoms with E-state index in [1.54, 1.807) is 18.2 Å². The maximum absolute atomic E-state index is 11.9. The quantitative estimate of drug-likeness (QED) is 0.382. The van der Waals surface area contributed by atoms with Crippen molar-refractivity contribution < 1.29 is 33.3 Å². The second-order valence-corrected chi connectivity index (χ2v) is 4.93. The number of hydrogen-bond donors (Lipinski definition) is 2. The van der Waals surface area contributed by atoms with Gasteiger partial charge in [0.05, 0.1) is 32.6 Å². The number of amides is 1. The molecule has 9 nitrogen and oxygen atoms in total. The molecule has 0 aromatic heterocycles. The molecule has 0 aliphatic heterocycles. The third kappa shape index (κ3) is 6.81. The number of anilines is 2. The van der Waals surface area contributed by atoms with E-state index in [0.717, 1.165) is 6.08 Å². The van der Waals surface area contributed by atoms with Gasteiger partial charge in [-0.25, -0.2) is 9.59 Å². The van der Waals surface area contributed by atoms with Gasteiger partial charge in [-0.3, -0.25) is 4.79 Å². The number of rotatable bonds is 9. The number of benzene rings is 1. The van der Waals surface area contributed by atoms with E-state index in [1.807, 2.05) is 0 Å². The Hall–Kier alpha value is -3.07. The minimum Gasteiger partial charge on any atom is -0.489 e. The van der Waals surface area contributed by atoms with Crippen LogP contribution in [0.3, 0.4) is 0 Å². The maximum Gasteiger partial charge on any atom is 0.354 e. The molecule has 0 fully saturated rings. The van der Waals surface area contributed by atoms with Crippen LogP contribution in [0.25, 0.3) is 0 Å². The van der Waals surface area contributed by atoms with Crippen LogP contribution in [0.1, 0.15) is 6.92 Å². The molecule has 1 aromatic rings. The van der Waals surface area contributed by atoms with Gasteiger partial charge in [0.2, 0.25) is 5.91 Å². The van der Waals surface area contributed by atoms with Crippen LogP contribution in [-0.2, 0) is 28.6 Å². The summed E-state index contributed by atoms with van der Waals surface area (Å²) in [6, 6.07) is 4.80. The normalized spacial score (nSPS) is 10.7. The minimum absolute atomic E-state index is 0.157. The van der Waals surface area contributed by atoms with Crippen molar-refractivity contribution in [1.82, 2.24) is 0 Å². The zero-order valence-electron chi connectivity index (χ0n) is 15.1. The summed E-state index contributed by atoms with van der Waals surface area (Å²) < 4.78 is 19.7. The van der Waals surface area contributed by atoms with Gasteiger partial charge < -0.3 is 29.6 Å². The van der Waals surface area contributed by atoms with Crippen LogP contribution >= 0.6 is 0 Å². The molecule has 0 spiro atoms. The summed E-state index contributed by atoms with van der Waals surface area (Å²) in [5, 5.41) is 5.39. The summed E-state index contributed by atoms with van der Waals surface area (Å²) in [7, 11) is 3.90. The number of esters is 2. The summed E-state index contributed by atoms with van der Waals surface area (Å²) in [5.41, 5.74) is 0.658. The van der Waals surface area contributed by atoms with Gasteiger partial charge in [0.15, 0.2) is 0 Å². The lowest BCUT2D eigenvalue weighted by Crippen LogP contribution is -2.17. The first kappa shape index (κ1) is 21.0. The third-order valence-electron chi connectivity index (χ3n) is 2.98. The zero-order valence-corrected chi connectivity index (χ0v) is 15.1. The molecule has 0 bridgehead atoms. The van der Waals surface area contributed by atoms with E-state index >= 15 is 0 Å².